The third kappa shape index (κ3) is 3.03. The van der Waals surface area contributed by atoms with Crippen LogP contribution in [0.3, 0.4) is 0 Å². The van der Waals surface area contributed by atoms with E-state index in [9.17, 15) is 9.13 Å². The number of anilines is 1. The van der Waals surface area contributed by atoms with Crippen LogP contribution in [0.2, 0.25) is 0 Å². The zero-order valence-electron chi connectivity index (χ0n) is 6.92. The summed E-state index contributed by atoms with van der Waals surface area (Å²) in [5.41, 5.74) is 2.85. The van der Waals surface area contributed by atoms with E-state index in [1.54, 1.807) is 0 Å². The Morgan fingerprint density at radius 3 is 1.47 bits per heavy atom. The quantitative estimate of drug-likeness (QED) is 0.343. The van der Waals surface area contributed by atoms with Crippen LogP contribution in [-0.4, -0.2) is 34.5 Å². The first-order chi connectivity index (χ1) is 6.60. The summed E-state index contributed by atoms with van der Waals surface area (Å²) in [6.07, 6.45) is 0. The fraction of sp³-hybridized carbons (Fsp3) is 0. The predicted molar refractivity (Wildman–Crippen MR) is 47.6 cm³/mol. The van der Waals surface area contributed by atoms with Gasteiger partial charge in [-0.1, -0.05) is 0 Å². The molecule has 0 bridgehead atoms. The number of hydrogen-bond donors (Lipinski definition) is 5. The van der Waals surface area contributed by atoms with E-state index < -0.39 is 32.3 Å². The van der Waals surface area contributed by atoms with E-state index in [1.165, 1.54) is 0 Å². The van der Waals surface area contributed by atoms with E-state index in [4.69, 9.17) is 25.3 Å². The Labute approximate surface area is 82.5 Å². The average Bonchev–Trinajstić information content (AvgIpc) is 1.99. The summed E-state index contributed by atoms with van der Waals surface area (Å²) in [6.45, 7) is 0. The second-order valence-corrected chi connectivity index (χ2v) is 5.36. The lowest BCUT2D eigenvalue weighted by Crippen LogP contribution is -2.28. The molecule has 0 saturated carbocycles. The number of nitrogens with zero attached hydrogens (tertiary/aromatic N) is 3. The summed E-state index contributed by atoms with van der Waals surface area (Å²) >= 11 is 0. The highest BCUT2D eigenvalue weighted by atomic mass is 31.2. The van der Waals surface area contributed by atoms with Gasteiger partial charge in [0.25, 0.3) is 0 Å². The standard InChI is InChI=1S/C3H6N4O6P2/c4-1-5-2(14(8,9)10)7-3(6-1)15(11,12)13/h(H2,8,9,10)(H2,11,12,13)(H2,4,5,6,7). The van der Waals surface area contributed by atoms with Crippen molar-refractivity contribution in [3.8, 4) is 0 Å². The molecule has 0 spiro atoms. The van der Waals surface area contributed by atoms with Crippen molar-refractivity contribution in [1.82, 2.24) is 15.0 Å². The second-order valence-electron chi connectivity index (χ2n) is 2.38. The Morgan fingerprint density at radius 1 is 0.867 bits per heavy atom. The van der Waals surface area contributed by atoms with Crippen LogP contribution in [0.4, 0.5) is 5.95 Å². The molecular formula is C3H6N4O6P2. The molecule has 0 aliphatic rings. The van der Waals surface area contributed by atoms with Crippen molar-refractivity contribution < 1.29 is 28.7 Å². The molecule has 84 valence electrons. The van der Waals surface area contributed by atoms with Gasteiger partial charge in [0.05, 0.1) is 0 Å². The van der Waals surface area contributed by atoms with Crippen molar-refractivity contribution in [1.29, 1.82) is 0 Å². The van der Waals surface area contributed by atoms with Gasteiger partial charge in [-0.3, -0.25) is 9.13 Å². The number of hydrogen-bond acceptors (Lipinski definition) is 6. The van der Waals surface area contributed by atoms with Crippen LogP contribution < -0.4 is 16.9 Å². The van der Waals surface area contributed by atoms with Gasteiger partial charge in [0.1, 0.15) is 0 Å². The van der Waals surface area contributed by atoms with Gasteiger partial charge in [-0.05, 0) is 0 Å². The third-order valence-corrected chi connectivity index (χ3v) is 2.59. The number of rotatable bonds is 2. The maximum Gasteiger partial charge on any atom is 0.393 e. The van der Waals surface area contributed by atoms with Gasteiger partial charge >= 0.3 is 15.2 Å². The number of nitrogens with two attached hydrogens (primary N) is 1. The molecule has 12 heteroatoms. The summed E-state index contributed by atoms with van der Waals surface area (Å²) in [6, 6.07) is 0. The monoisotopic (exact) mass is 256 g/mol. The minimum Gasteiger partial charge on any atom is -0.368 e. The third-order valence-electron chi connectivity index (χ3n) is 1.15. The van der Waals surface area contributed by atoms with Crippen LogP contribution in [0.5, 0.6) is 0 Å². The fourth-order valence-electron chi connectivity index (χ4n) is 0.630. The summed E-state index contributed by atoms with van der Waals surface area (Å²) < 4.78 is 21.4. The van der Waals surface area contributed by atoms with Crippen molar-refractivity contribution in [2.45, 2.75) is 0 Å². The molecule has 0 unspecified atom stereocenters. The van der Waals surface area contributed by atoms with Gasteiger partial charge < -0.3 is 25.3 Å². The molecule has 15 heavy (non-hydrogen) atoms. The van der Waals surface area contributed by atoms with Crippen molar-refractivity contribution in [2.24, 2.45) is 0 Å². The Kier molecular flexibility index (Phi) is 2.92. The topological polar surface area (TPSA) is 180 Å². The molecule has 1 heterocycles. The second kappa shape index (κ2) is 3.60. The van der Waals surface area contributed by atoms with E-state index >= 15 is 0 Å². The molecular weight excluding hydrogens is 250 g/mol. The minimum absolute atomic E-state index is 0.679. The van der Waals surface area contributed by atoms with Crippen molar-refractivity contribution in [3.05, 3.63) is 0 Å². The number of nitrogen functional groups attached to an aromatic ring is 1. The molecule has 1 aromatic rings. The molecule has 10 nitrogen and oxygen atoms in total. The van der Waals surface area contributed by atoms with Gasteiger partial charge in [0, 0.05) is 0 Å². The Balaban J connectivity index is 3.43. The van der Waals surface area contributed by atoms with E-state index in [0.717, 1.165) is 0 Å². The lowest BCUT2D eigenvalue weighted by atomic mass is 11.0. The Morgan fingerprint density at radius 2 is 1.20 bits per heavy atom. The van der Waals surface area contributed by atoms with Gasteiger partial charge in [-0.15, -0.1) is 0 Å². The van der Waals surface area contributed by atoms with Gasteiger partial charge in [-0.25, -0.2) is 0 Å². The average molecular weight is 256 g/mol. The zero-order valence-corrected chi connectivity index (χ0v) is 8.71. The van der Waals surface area contributed by atoms with Crippen LogP contribution in [0.25, 0.3) is 0 Å². The van der Waals surface area contributed by atoms with E-state index in [0.29, 0.717) is 0 Å². The SMILES string of the molecule is Nc1nc(P(=O)(O)O)nc(P(=O)(O)O)n1. The molecule has 0 aliphatic heterocycles. The molecule has 0 fully saturated rings. The zero-order chi connectivity index (χ0) is 11.9. The molecule has 1 rings (SSSR count). The molecule has 1 aromatic heterocycles. The first-order valence-electron chi connectivity index (χ1n) is 3.24. The largest absolute Gasteiger partial charge is 0.393 e. The highest BCUT2D eigenvalue weighted by molar-refractivity contribution is 7.61. The summed E-state index contributed by atoms with van der Waals surface area (Å²) in [4.78, 5) is 43.7. The van der Waals surface area contributed by atoms with E-state index in [1.807, 2.05) is 0 Å². The van der Waals surface area contributed by atoms with Crippen molar-refractivity contribution in [3.63, 3.8) is 0 Å². The lowest BCUT2D eigenvalue weighted by Gasteiger charge is -2.06. The normalized spacial score (nSPS) is 12.8. The Hall–Kier alpha value is -0.890. The van der Waals surface area contributed by atoms with Crippen LogP contribution in [0.1, 0.15) is 0 Å². The predicted octanol–water partition coefficient (Wildman–Crippen LogP) is -2.94. The van der Waals surface area contributed by atoms with Crippen LogP contribution in [0.15, 0.2) is 0 Å². The molecule has 6 N–H and O–H groups in total. The van der Waals surface area contributed by atoms with Gasteiger partial charge in [0.15, 0.2) is 0 Å². The van der Waals surface area contributed by atoms with Crippen LogP contribution >= 0.6 is 15.2 Å². The maximum atomic E-state index is 10.7. The molecule has 0 atom stereocenters. The highest BCUT2D eigenvalue weighted by Gasteiger charge is 2.29. The highest BCUT2D eigenvalue weighted by Crippen LogP contribution is 2.34. The van der Waals surface area contributed by atoms with Gasteiger partial charge in [0.2, 0.25) is 17.1 Å². The summed E-state index contributed by atoms with van der Waals surface area (Å²) in [5, 5.41) is 0. The molecule has 0 aromatic carbocycles. The smallest absolute Gasteiger partial charge is 0.368 e. The Bertz CT molecular complexity index is 437. The van der Waals surface area contributed by atoms with Crippen molar-refractivity contribution >= 4 is 32.3 Å². The van der Waals surface area contributed by atoms with E-state index in [-0.39, 0.29) is 0 Å². The molecule has 0 amide bonds. The summed E-state index contributed by atoms with van der Waals surface area (Å²) in [7, 11) is -9.65. The molecule has 0 radical (unpaired) electrons. The van der Waals surface area contributed by atoms with Crippen molar-refractivity contribution in [2.75, 3.05) is 5.73 Å². The van der Waals surface area contributed by atoms with Gasteiger partial charge in [-0.2, -0.15) is 15.0 Å². The summed E-state index contributed by atoms with van der Waals surface area (Å²) in [5.74, 6) is -0.679. The number of aromatic nitrogens is 3. The fourth-order valence-corrected chi connectivity index (χ4v) is 1.62. The lowest BCUT2D eigenvalue weighted by molar-refractivity contribution is 0.384. The first-order valence-corrected chi connectivity index (χ1v) is 6.47. The molecule has 0 saturated heterocycles. The molecule has 0 aliphatic carbocycles. The van der Waals surface area contributed by atoms with Crippen LogP contribution in [-0.2, 0) is 9.13 Å². The van der Waals surface area contributed by atoms with Crippen LogP contribution in [0, 0.1) is 0 Å². The van der Waals surface area contributed by atoms with E-state index in [2.05, 4.69) is 15.0 Å². The first kappa shape index (κ1) is 12.2. The maximum absolute atomic E-state index is 10.7. The minimum atomic E-state index is -4.83.